The number of nitrogens with one attached hydrogen (secondary N) is 2. The quantitative estimate of drug-likeness (QED) is 0.605. The number of likely N-dealkylation sites (tertiary alicyclic amines) is 1. The summed E-state index contributed by atoms with van der Waals surface area (Å²) < 4.78 is 0. The second-order valence-electron chi connectivity index (χ2n) is 7.77. The zero-order chi connectivity index (χ0) is 22.3. The summed E-state index contributed by atoms with van der Waals surface area (Å²) in [5, 5.41) is 5.73. The van der Waals surface area contributed by atoms with E-state index >= 15 is 0 Å². The van der Waals surface area contributed by atoms with Crippen molar-refractivity contribution in [3.63, 3.8) is 0 Å². The lowest BCUT2D eigenvalue weighted by atomic mass is 10.1. The molecule has 32 heavy (non-hydrogen) atoms. The van der Waals surface area contributed by atoms with Crippen molar-refractivity contribution in [2.45, 2.75) is 19.5 Å². The van der Waals surface area contributed by atoms with Crippen molar-refractivity contribution in [1.82, 2.24) is 15.2 Å². The average molecular weight is 428 g/mol. The van der Waals surface area contributed by atoms with Gasteiger partial charge in [-0.25, -0.2) is 0 Å². The Kier molecular flexibility index (Phi) is 6.55. The monoisotopic (exact) mass is 428 g/mol. The molecule has 1 saturated heterocycles. The third-order valence-corrected chi connectivity index (χ3v) is 5.40. The lowest BCUT2D eigenvalue weighted by Crippen LogP contribution is -2.28. The van der Waals surface area contributed by atoms with Gasteiger partial charge in [-0.2, -0.15) is 0 Å². The van der Waals surface area contributed by atoms with E-state index in [1.807, 2.05) is 42.5 Å². The topological polar surface area (TPSA) is 91.4 Å². The van der Waals surface area contributed by atoms with Crippen LogP contribution in [0.15, 0.2) is 79.1 Å². The van der Waals surface area contributed by atoms with E-state index in [0.29, 0.717) is 30.9 Å². The van der Waals surface area contributed by atoms with Gasteiger partial charge >= 0.3 is 0 Å². The van der Waals surface area contributed by atoms with Gasteiger partial charge < -0.3 is 15.5 Å². The molecule has 1 atom stereocenters. The van der Waals surface area contributed by atoms with Crippen molar-refractivity contribution in [2.24, 2.45) is 5.92 Å². The number of amides is 3. The molecular weight excluding hydrogens is 404 g/mol. The first-order chi connectivity index (χ1) is 15.6. The summed E-state index contributed by atoms with van der Waals surface area (Å²) in [6.07, 6.45) is 3.35. The first-order valence-electron chi connectivity index (χ1n) is 10.5. The predicted octanol–water partition coefficient (Wildman–Crippen LogP) is 3.00. The minimum Gasteiger partial charge on any atom is -0.348 e. The number of nitrogens with zero attached hydrogens (tertiary/aromatic N) is 2. The molecule has 3 aromatic rings. The van der Waals surface area contributed by atoms with Crippen LogP contribution in [0.4, 0.5) is 5.69 Å². The Balaban J connectivity index is 1.27. The lowest BCUT2D eigenvalue weighted by molar-refractivity contribution is -0.128. The molecule has 1 aliphatic rings. The van der Waals surface area contributed by atoms with Crippen molar-refractivity contribution < 1.29 is 14.4 Å². The van der Waals surface area contributed by atoms with E-state index in [2.05, 4.69) is 15.6 Å². The summed E-state index contributed by atoms with van der Waals surface area (Å²) in [5.41, 5.74) is 3.12. The highest BCUT2D eigenvalue weighted by Gasteiger charge is 2.34. The van der Waals surface area contributed by atoms with E-state index in [0.717, 1.165) is 11.1 Å². The second-order valence-corrected chi connectivity index (χ2v) is 7.77. The average Bonchev–Trinajstić information content (AvgIpc) is 3.20. The number of pyridine rings is 1. The van der Waals surface area contributed by atoms with E-state index in [1.165, 1.54) is 6.20 Å². The summed E-state index contributed by atoms with van der Waals surface area (Å²) in [5.74, 6) is -0.730. The fourth-order valence-corrected chi connectivity index (χ4v) is 3.64. The fourth-order valence-electron chi connectivity index (χ4n) is 3.64. The fraction of sp³-hybridized carbons (Fsp3) is 0.200. The standard InChI is InChI=1S/C25H24N4O3/c30-23-13-21(17-29(23)16-19-5-2-1-3-6-19)25(32)28-22-10-8-18(9-11-22)14-27-24(31)20-7-4-12-26-15-20/h1-12,15,21H,13-14,16-17H2,(H,27,31)(H,28,32). The number of hydrogen-bond donors (Lipinski definition) is 2. The van der Waals surface area contributed by atoms with Crippen molar-refractivity contribution in [1.29, 1.82) is 0 Å². The molecule has 1 aliphatic heterocycles. The minimum absolute atomic E-state index is 0.00583. The highest BCUT2D eigenvalue weighted by atomic mass is 16.2. The number of anilines is 1. The zero-order valence-electron chi connectivity index (χ0n) is 17.5. The highest BCUT2D eigenvalue weighted by Crippen LogP contribution is 2.22. The Bertz CT molecular complexity index is 1090. The predicted molar refractivity (Wildman–Crippen MR) is 120 cm³/mol. The Labute approximate surface area is 186 Å². The minimum atomic E-state index is -0.371. The van der Waals surface area contributed by atoms with Crippen LogP contribution in [0.2, 0.25) is 0 Å². The van der Waals surface area contributed by atoms with E-state index < -0.39 is 0 Å². The summed E-state index contributed by atoms with van der Waals surface area (Å²) in [4.78, 5) is 42.8. The van der Waals surface area contributed by atoms with Gasteiger partial charge in [0.1, 0.15) is 0 Å². The molecule has 162 valence electrons. The number of carbonyl (C=O) groups excluding carboxylic acids is 3. The molecule has 0 aliphatic carbocycles. The highest BCUT2D eigenvalue weighted by molar-refractivity contribution is 5.97. The SMILES string of the molecule is O=C(NCc1ccc(NC(=O)C2CC(=O)N(Cc3ccccc3)C2)cc1)c1cccnc1. The maximum absolute atomic E-state index is 12.7. The van der Waals surface area contributed by atoms with Gasteiger partial charge in [0, 0.05) is 44.1 Å². The number of hydrogen-bond acceptors (Lipinski definition) is 4. The van der Waals surface area contributed by atoms with Gasteiger partial charge in [0.15, 0.2) is 0 Å². The van der Waals surface area contributed by atoms with Crippen LogP contribution in [0.3, 0.4) is 0 Å². The van der Waals surface area contributed by atoms with Crippen molar-refractivity contribution >= 4 is 23.4 Å². The maximum atomic E-state index is 12.7. The third-order valence-electron chi connectivity index (χ3n) is 5.40. The zero-order valence-corrected chi connectivity index (χ0v) is 17.5. The Morgan fingerprint density at radius 3 is 2.47 bits per heavy atom. The normalized spacial score (nSPS) is 15.4. The molecule has 0 radical (unpaired) electrons. The molecule has 0 spiro atoms. The molecule has 2 aromatic carbocycles. The molecule has 1 aromatic heterocycles. The number of benzene rings is 2. The van der Waals surface area contributed by atoms with Gasteiger partial charge in [-0.1, -0.05) is 42.5 Å². The molecule has 2 N–H and O–H groups in total. The Morgan fingerprint density at radius 2 is 1.75 bits per heavy atom. The number of carbonyl (C=O) groups is 3. The second kappa shape index (κ2) is 9.87. The van der Waals surface area contributed by atoms with Crippen LogP contribution in [0.5, 0.6) is 0 Å². The lowest BCUT2D eigenvalue weighted by Gasteiger charge is -2.16. The maximum Gasteiger partial charge on any atom is 0.253 e. The van der Waals surface area contributed by atoms with Gasteiger partial charge in [0.05, 0.1) is 11.5 Å². The van der Waals surface area contributed by atoms with E-state index in [4.69, 9.17) is 0 Å². The summed E-state index contributed by atoms with van der Waals surface area (Å²) in [6.45, 7) is 1.30. The Hall–Kier alpha value is -4.00. The number of aromatic nitrogens is 1. The number of rotatable bonds is 7. The van der Waals surface area contributed by atoms with Crippen LogP contribution >= 0.6 is 0 Å². The molecular formula is C25H24N4O3. The molecule has 0 saturated carbocycles. The van der Waals surface area contributed by atoms with Crippen LogP contribution in [-0.2, 0) is 22.7 Å². The van der Waals surface area contributed by atoms with Crippen LogP contribution < -0.4 is 10.6 Å². The molecule has 4 rings (SSSR count). The molecule has 7 heteroatoms. The molecule has 7 nitrogen and oxygen atoms in total. The van der Waals surface area contributed by atoms with Crippen LogP contribution in [-0.4, -0.2) is 34.2 Å². The van der Waals surface area contributed by atoms with E-state index in [-0.39, 0.29) is 30.1 Å². The third kappa shape index (κ3) is 5.37. The Morgan fingerprint density at radius 1 is 0.969 bits per heavy atom. The van der Waals surface area contributed by atoms with E-state index in [9.17, 15) is 14.4 Å². The molecule has 0 bridgehead atoms. The molecule has 1 fully saturated rings. The van der Waals surface area contributed by atoms with Crippen LogP contribution in [0.1, 0.15) is 27.9 Å². The van der Waals surface area contributed by atoms with Gasteiger partial charge in [0.2, 0.25) is 11.8 Å². The summed E-state index contributed by atoms with van der Waals surface area (Å²) >= 11 is 0. The summed E-state index contributed by atoms with van der Waals surface area (Å²) in [7, 11) is 0. The summed E-state index contributed by atoms with van der Waals surface area (Å²) in [6, 6.07) is 20.5. The largest absolute Gasteiger partial charge is 0.348 e. The molecule has 1 unspecified atom stereocenters. The van der Waals surface area contributed by atoms with Crippen molar-refractivity contribution in [3.8, 4) is 0 Å². The molecule has 3 amide bonds. The van der Waals surface area contributed by atoms with E-state index in [1.54, 1.807) is 35.4 Å². The molecule has 2 heterocycles. The smallest absolute Gasteiger partial charge is 0.253 e. The van der Waals surface area contributed by atoms with Gasteiger partial charge in [-0.05, 0) is 35.4 Å². The van der Waals surface area contributed by atoms with Gasteiger partial charge in [-0.15, -0.1) is 0 Å². The van der Waals surface area contributed by atoms with Crippen LogP contribution in [0.25, 0.3) is 0 Å². The first kappa shape index (κ1) is 21.2. The first-order valence-corrected chi connectivity index (χ1v) is 10.5. The van der Waals surface area contributed by atoms with Crippen molar-refractivity contribution in [3.05, 3.63) is 95.8 Å². The van der Waals surface area contributed by atoms with Gasteiger partial charge in [0.25, 0.3) is 5.91 Å². The van der Waals surface area contributed by atoms with Crippen LogP contribution in [0, 0.1) is 5.92 Å². The van der Waals surface area contributed by atoms with Crippen molar-refractivity contribution in [2.75, 3.05) is 11.9 Å². The van der Waals surface area contributed by atoms with Gasteiger partial charge in [-0.3, -0.25) is 19.4 Å².